The van der Waals surface area contributed by atoms with E-state index < -0.39 is 11.5 Å². The number of carbonyl (C=O) groups excluding carboxylic acids is 1. The molecule has 3 N–H and O–H groups in total. The number of cyclic esters (lactones) is 1. The Kier molecular flexibility index (Phi) is 4.93. The molecule has 0 aromatic rings. The topological polar surface area (TPSA) is 87.0 Å². The zero-order valence-electron chi connectivity index (χ0n) is 14.8. The average Bonchev–Trinajstić information content (AvgIpc) is 3.00. The van der Waals surface area contributed by atoms with Gasteiger partial charge in [-0.15, -0.1) is 0 Å². The van der Waals surface area contributed by atoms with E-state index in [0.717, 1.165) is 24.8 Å². The van der Waals surface area contributed by atoms with Gasteiger partial charge < -0.3 is 20.1 Å². The number of esters is 1. The predicted octanol–water partition coefficient (Wildman–Crippen LogP) is 1.74. The summed E-state index contributed by atoms with van der Waals surface area (Å²) >= 11 is 0. The molecule has 2 fully saturated rings. The van der Waals surface area contributed by atoms with Crippen molar-refractivity contribution in [1.82, 2.24) is 0 Å². The molecule has 0 aromatic carbocycles. The molecule has 4 unspecified atom stereocenters. The van der Waals surface area contributed by atoms with Crippen molar-refractivity contribution in [2.45, 2.75) is 38.7 Å². The highest BCUT2D eigenvalue weighted by atomic mass is 16.5. The van der Waals surface area contributed by atoms with Gasteiger partial charge in [0, 0.05) is 11.3 Å². The van der Waals surface area contributed by atoms with Gasteiger partial charge in [-0.2, -0.15) is 0 Å². The van der Waals surface area contributed by atoms with Gasteiger partial charge in [-0.1, -0.05) is 31.2 Å². The standard InChI is InChI=1S/C20H28O5/c1-13-3-6-16-19(2,9-7-17(23)20(16,11-21)12-22)15(13)5-4-14-8-10-25-18(14)24/h4-5,8,15-17,21-23H,1,3,6-7,9-12H2,2H3. The van der Waals surface area contributed by atoms with Gasteiger partial charge in [0.1, 0.15) is 6.61 Å². The lowest BCUT2D eigenvalue weighted by molar-refractivity contribution is -0.174. The van der Waals surface area contributed by atoms with Crippen molar-refractivity contribution in [3.8, 4) is 0 Å². The zero-order valence-corrected chi connectivity index (χ0v) is 14.8. The van der Waals surface area contributed by atoms with Crippen LogP contribution in [0, 0.1) is 22.7 Å². The second kappa shape index (κ2) is 6.71. The molecule has 2 aliphatic carbocycles. The molecule has 5 heteroatoms. The van der Waals surface area contributed by atoms with Crippen molar-refractivity contribution >= 4 is 5.97 Å². The number of hydrogen-bond acceptors (Lipinski definition) is 5. The Balaban J connectivity index is 1.95. The molecule has 5 nitrogen and oxygen atoms in total. The number of carbonyl (C=O) groups is 1. The van der Waals surface area contributed by atoms with Crippen LogP contribution in [0.25, 0.3) is 0 Å². The van der Waals surface area contributed by atoms with Gasteiger partial charge in [0.05, 0.1) is 24.9 Å². The molecule has 3 aliphatic rings. The summed E-state index contributed by atoms with van der Waals surface area (Å²) in [5, 5.41) is 30.6. The number of fused-ring (bicyclic) bond motifs is 1. The quantitative estimate of drug-likeness (QED) is 0.532. The Morgan fingerprint density at radius 2 is 2.08 bits per heavy atom. The average molecular weight is 348 g/mol. The molecule has 4 atom stereocenters. The van der Waals surface area contributed by atoms with Crippen molar-refractivity contribution in [2.24, 2.45) is 22.7 Å². The molecule has 0 radical (unpaired) electrons. The van der Waals surface area contributed by atoms with E-state index in [1.165, 1.54) is 0 Å². The zero-order chi connectivity index (χ0) is 18.2. The van der Waals surface area contributed by atoms with Crippen LogP contribution in [0.2, 0.25) is 0 Å². The fourth-order valence-corrected chi connectivity index (χ4v) is 5.29. The first-order chi connectivity index (χ1) is 11.9. The summed E-state index contributed by atoms with van der Waals surface area (Å²) in [5.41, 5.74) is 0.554. The van der Waals surface area contributed by atoms with Crippen LogP contribution in [0.4, 0.5) is 0 Å². The largest absolute Gasteiger partial charge is 0.458 e. The fraction of sp³-hybridized carbons (Fsp3) is 0.650. The lowest BCUT2D eigenvalue weighted by atomic mass is 9.46. The van der Waals surface area contributed by atoms with Gasteiger partial charge >= 0.3 is 5.97 Å². The predicted molar refractivity (Wildman–Crippen MR) is 93.5 cm³/mol. The molecule has 2 saturated carbocycles. The van der Waals surface area contributed by atoms with Crippen LogP contribution >= 0.6 is 0 Å². The summed E-state index contributed by atoms with van der Waals surface area (Å²) in [4.78, 5) is 11.7. The highest BCUT2D eigenvalue weighted by molar-refractivity contribution is 5.93. The molecule has 25 heavy (non-hydrogen) atoms. The van der Waals surface area contributed by atoms with Gasteiger partial charge in [0.25, 0.3) is 0 Å². The lowest BCUT2D eigenvalue weighted by Crippen LogP contribution is -2.60. The van der Waals surface area contributed by atoms with Gasteiger partial charge in [0.15, 0.2) is 0 Å². The maximum atomic E-state index is 11.7. The molecule has 0 spiro atoms. The first-order valence-electron chi connectivity index (χ1n) is 9.02. The molecule has 1 heterocycles. The Hall–Kier alpha value is -1.43. The van der Waals surface area contributed by atoms with Crippen LogP contribution in [0.3, 0.4) is 0 Å². The number of aliphatic hydroxyl groups excluding tert-OH is 3. The van der Waals surface area contributed by atoms with Gasteiger partial charge in [-0.3, -0.25) is 0 Å². The summed E-state index contributed by atoms with van der Waals surface area (Å²) in [5.74, 6) is -0.285. The third kappa shape index (κ3) is 2.78. The summed E-state index contributed by atoms with van der Waals surface area (Å²) in [6, 6.07) is 0. The Morgan fingerprint density at radius 3 is 2.68 bits per heavy atom. The Bertz CT molecular complexity index is 616. The molecule has 138 valence electrons. The van der Waals surface area contributed by atoms with E-state index in [1.807, 2.05) is 12.2 Å². The van der Waals surface area contributed by atoms with Gasteiger partial charge in [0.2, 0.25) is 0 Å². The summed E-state index contributed by atoms with van der Waals surface area (Å²) in [7, 11) is 0. The van der Waals surface area contributed by atoms with Crippen molar-refractivity contribution < 1.29 is 24.9 Å². The molecule has 0 saturated heterocycles. The second-order valence-corrected chi connectivity index (χ2v) is 7.95. The van der Waals surface area contributed by atoms with Crippen molar-refractivity contribution in [1.29, 1.82) is 0 Å². The van der Waals surface area contributed by atoms with Gasteiger partial charge in [-0.25, -0.2) is 4.79 Å². The third-order valence-corrected chi connectivity index (χ3v) is 6.82. The normalized spacial score (nSPS) is 37.8. The van der Waals surface area contributed by atoms with E-state index >= 15 is 0 Å². The van der Waals surface area contributed by atoms with Crippen molar-refractivity contribution in [2.75, 3.05) is 19.8 Å². The summed E-state index contributed by atoms with van der Waals surface area (Å²) in [6.45, 7) is 6.25. The number of aliphatic hydroxyl groups is 3. The van der Waals surface area contributed by atoms with Crippen molar-refractivity contribution in [3.63, 3.8) is 0 Å². The number of hydrogen-bond donors (Lipinski definition) is 3. The maximum absolute atomic E-state index is 11.7. The summed E-state index contributed by atoms with van der Waals surface area (Å²) < 4.78 is 4.94. The number of allylic oxidation sites excluding steroid dienone is 2. The number of ether oxygens (including phenoxy) is 1. The van der Waals surface area contributed by atoms with E-state index in [4.69, 9.17) is 4.74 Å². The minimum absolute atomic E-state index is 0.0107. The van der Waals surface area contributed by atoms with Crippen LogP contribution in [0.15, 0.2) is 36.0 Å². The van der Waals surface area contributed by atoms with E-state index in [2.05, 4.69) is 13.5 Å². The Morgan fingerprint density at radius 1 is 1.36 bits per heavy atom. The molecule has 0 aromatic heterocycles. The SMILES string of the molecule is C=C1CCC2C(C)(CCC(O)C2(CO)CO)C1C=CC1=CCOC1=O. The molecule has 0 bridgehead atoms. The van der Waals surface area contributed by atoms with Crippen LogP contribution in [0.5, 0.6) is 0 Å². The lowest BCUT2D eigenvalue weighted by Gasteiger charge is -2.59. The summed E-state index contributed by atoms with van der Waals surface area (Å²) in [6.07, 6.45) is 7.79. The van der Waals surface area contributed by atoms with Crippen LogP contribution in [-0.2, 0) is 9.53 Å². The van der Waals surface area contributed by atoms with E-state index in [-0.39, 0.29) is 36.4 Å². The van der Waals surface area contributed by atoms with Gasteiger partial charge in [-0.05, 0) is 43.1 Å². The Labute approximate surface area is 148 Å². The molecular weight excluding hydrogens is 320 g/mol. The van der Waals surface area contributed by atoms with Crippen molar-refractivity contribution in [3.05, 3.63) is 36.0 Å². The first-order valence-corrected chi connectivity index (χ1v) is 9.02. The second-order valence-electron chi connectivity index (χ2n) is 7.95. The van der Waals surface area contributed by atoms with E-state index in [0.29, 0.717) is 18.6 Å². The van der Waals surface area contributed by atoms with E-state index in [1.54, 1.807) is 6.08 Å². The minimum atomic E-state index is -0.884. The smallest absolute Gasteiger partial charge is 0.338 e. The highest BCUT2D eigenvalue weighted by Gasteiger charge is 2.59. The molecular formula is C20H28O5. The van der Waals surface area contributed by atoms with Crippen LogP contribution in [-0.4, -0.2) is 47.2 Å². The molecule has 1 aliphatic heterocycles. The maximum Gasteiger partial charge on any atom is 0.338 e. The van der Waals surface area contributed by atoms with E-state index in [9.17, 15) is 20.1 Å². The first kappa shape index (κ1) is 18.4. The van der Waals surface area contributed by atoms with Crippen LogP contribution < -0.4 is 0 Å². The highest BCUT2D eigenvalue weighted by Crippen LogP contribution is 2.61. The third-order valence-electron chi connectivity index (χ3n) is 6.82. The molecule has 3 rings (SSSR count). The monoisotopic (exact) mass is 348 g/mol. The minimum Gasteiger partial charge on any atom is -0.458 e. The van der Waals surface area contributed by atoms with Crippen LogP contribution in [0.1, 0.15) is 32.6 Å². The molecule has 0 amide bonds. The fourth-order valence-electron chi connectivity index (χ4n) is 5.29. The number of rotatable bonds is 4.